The van der Waals surface area contributed by atoms with Gasteiger partial charge in [0.1, 0.15) is 32.7 Å². The Kier molecular flexibility index (Phi) is 7.22. The number of carbonyl (C=O) groups excluding carboxylic acids is 1. The Hall–Kier alpha value is -2.41. The summed E-state index contributed by atoms with van der Waals surface area (Å²) in [6.45, 7) is 13.0. The quantitative estimate of drug-likeness (QED) is 0.619. The largest absolute Gasteiger partial charge is 0.378 e. The van der Waals surface area contributed by atoms with Gasteiger partial charge in [-0.3, -0.25) is 4.79 Å². The van der Waals surface area contributed by atoms with Gasteiger partial charge in [0, 0.05) is 30.0 Å². The Bertz CT molecular complexity index is 856. The van der Waals surface area contributed by atoms with Crippen LogP contribution in [0.15, 0.2) is 48.5 Å². The fourth-order valence-corrected chi connectivity index (χ4v) is 4.66. The maximum Gasteiger partial charge on any atom is 0.282 e. The number of nitrogens with one attached hydrogen (secondary N) is 3. The zero-order valence-electron chi connectivity index (χ0n) is 18.8. The van der Waals surface area contributed by atoms with Crippen LogP contribution in [-0.4, -0.2) is 64.4 Å². The molecule has 0 aromatic heterocycles. The Morgan fingerprint density at radius 2 is 1.77 bits per heavy atom. The van der Waals surface area contributed by atoms with Crippen molar-refractivity contribution >= 4 is 17.3 Å². The molecule has 6 nitrogen and oxygen atoms in total. The SMILES string of the molecule is Cc1cccc(C[NH+]2CC[NH+]([C@@H](C)C(=O)Nc3ccc(N4CCOCC4)cc3)CC2)c1. The molecule has 4 rings (SSSR count). The average Bonchev–Trinajstić information content (AvgIpc) is 2.80. The second kappa shape index (κ2) is 10.3. The molecule has 2 aliphatic rings. The van der Waals surface area contributed by atoms with Crippen LogP contribution in [0.4, 0.5) is 11.4 Å². The lowest BCUT2D eigenvalue weighted by molar-refractivity contribution is -1.02. The highest BCUT2D eigenvalue weighted by Gasteiger charge is 2.31. The first kappa shape index (κ1) is 21.8. The number of quaternary nitrogens is 2. The number of ether oxygens (including phenoxy) is 1. The van der Waals surface area contributed by atoms with E-state index in [4.69, 9.17) is 4.74 Å². The second-order valence-corrected chi connectivity index (χ2v) is 8.93. The number of aryl methyl sites for hydroxylation is 1. The van der Waals surface area contributed by atoms with Gasteiger partial charge in [-0.15, -0.1) is 0 Å². The molecular formula is C25H36N4O2+2. The van der Waals surface area contributed by atoms with Gasteiger partial charge in [0.05, 0.1) is 13.2 Å². The number of morpholine rings is 1. The van der Waals surface area contributed by atoms with Gasteiger partial charge >= 0.3 is 0 Å². The molecule has 2 aliphatic heterocycles. The molecule has 0 saturated carbocycles. The highest BCUT2D eigenvalue weighted by atomic mass is 16.5. The average molecular weight is 425 g/mol. The van der Waals surface area contributed by atoms with Crippen LogP contribution in [0.2, 0.25) is 0 Å². The molecule has 0 radical (unpaired) electrons. The van der Waals surface area contributed by atoms with E-state index in [-0.39, 0.29) is 11.9 Å². The van der Waals surface area contributed by atoms with Crippen LogP contribution in [0.3, 0.4) is 0 Å². The van der Waals surface area contributed by atoms with E-state index in [9.17, 15) is 4.79 Å². The summed E-state index contributed by atoms with van der Waals surface area (Å²) in [7, 11) is 0. The van der Waals surface area contributed by atoms with Crippen molar-refractivity contribution in [2.24, 2.45) is 0 Å². The van der Waals surface area contributed by atoms with E-state index in [1.807, 2.05) is 12.1 Å². The molecule has 0 spiro atoms. The maximum atomic E-state index is 12.8. The predicted molar refractivity (Wildman–Crippen MR) is 124 cm³/mol. The lowest BCUT2D eigenvalue weighted by Crippen LogP contribution is -3.29. The molecule has 2 heterocycles. The summed E-state index contributed by atoms with van der Waals surface area (Å²) >= 11 is 0. The lowest BCUT2D eigenvalue weighted by atomic mass is 10.1. The van der Waals surface area contributed by atoms with E-state index < -0.39 is 0 Å². The van der Waals surface area contributed by atoms with E-state index in [0.29, 0.717) is 0 Å². The molecule has 3 N–H and O–H groups in total. The zero-order valence-corrected chi connectivity index (χ0v) is 18.8. The molecular weight excluding hydrogens is 388 g/mol. The van der Waals surface area contributed by atoms with Crippen LogP contribution in [-0.2, 0) is 16.1 Å². The van der Waals surface area contributed by atoms with Crippen molar-refractivity contribution in [3.05, 3.63) is 59.7 Å². The molecule has 0 bridgehead atoms. The molecule has 2 saturated heterocycles. The number of piperazine rings is 1. The maximum absolute atomic E-state index is 12.8. The third-order valence-corrected chi connectivity index (χ3v) is 6.65. The Morgan fingerprint density at radius 1 is 1.06 bits per heavy atom. The predicted octanol–water partition coefficient (Wildman–Crippen LogP) is 0.142. The first-order valence-corrected chi connectivity index (χ1v) is 11.6. The van der Waals surface area contributed by atoms with E-state index in [1.165, 1.54) is 21.7 Å². The molecule has 1 amide bonds. The highest BCUT2D eigenvalue weighted by Crippen LogP contribution is 2.19. The number of carbonyl (C=O) groups is 1. The van der Waals surface area contributed by atoms with E-state index >= 15 is 0 Å². The summed E-state index contributed by atoms with van der Waals surface area (Å²) in [5.74, 6) is 0.108. The van der Waals surface area contributed by atoms with E-state index in [0.717, 1.165) is 64.7 Å². The topological polar surface area (TPSA) is 50.5 Å². The summed E-state index contributed by atoms with van der Waals surface area (Å²) in [6, 6.07) is 17.0. The molecule has 31 heavy (non-hydrogen) atoms. The minimum atomic E-state index is -0.0422. The monoisotopic (exact) mass is 424 g/mol. The Balaban J connectivity index is 1.25. The minimum absolute atomic E-state index is 0.0422. The van der Waals surface area contributed by atoms with Crippen molar-refractivity contribution in [3.63, 3.8) is 0 Å². The fourth-order valence-electron chi connectivity index (χ4n) is 4.66. The van der Waals surface area contributed by atoms with Gasteiger partial charge in [-0.2, -0.15) is 0 Å². The van der Waals surface area contributed by atoms with Crippen LogP contribution in [0.1, 0.15) is 18.1 Å². The molecule has 0 unspecified atom stereocenters. The fraction of sp³-hybridized carbons (Fsp3) is 0.480. The highest BCUT2D eigenvalue weighted by molar-refractivity contribution is 5.93. The summed E-state index contributed by atoms with van der Waals surface area (Å²) in [6.07, 6.45) is 0. The molecule has 2 aromatic carbocycles. The van der Waals surface area contributed by atoms with Gasteiger partial charge < -0.3 is 24.8 Å². The van der Waals surface area contributed by atoms with Gasteiger partial charge in [-0.25, -0.2) is 0 Å². The number of anilines is 2. The van der Waals surface area contributed by atoms with Gasteiger partial charge in [0.15, 0.2) is 6.04 Å². The normalized spacial score (nSPS) is 22.7. The minimum Gasteiger partial charge on any atom is -0.378 e. The molecule has 0 aliphatic carbocycles. The molecule has 1 atom stereocenters. The first-order chi connectivity index (χ1) is 15.1. The number of benzene rings is 2. The van der Waals surface area contributed by atoms with Crippen LogP contribution < -0.4 is 20.0 Å². The smallest absolute Gasteiger partial charge is 0.282 e. The van der Waals surface area contributed by atoms with Crippen molar-refractivity contribution in [1.29, 1.82) is 0 Å². The lowest BCUT2D eigenvalue weighted by Gasteiger charge is -2.32. The number of hydrogen-bond acceptors (Lipinski definition) is 3. The van der Waals surface area contributed by atoms with Gasteiger partial charge in [0.25, 0.3) is 5.91 Å². The standard InChI is InChI=1S/C25H34N4O2/c1-20-4-3-5-22(18-20)19-27-10-12-28(13-11-27)21(2)25(30)26-23-6-8-24(9-7-23)29-14-16-31-17-15-29/h3-9,18,21H,10-17,19H2,1-2H3,(H,26,30)/p+2/t21-/m0/s1. The second-order valence-electron chi connectivity index (χ2n) is 8.93. The van der Waals surface area contributed by atoms with E-state index in [2.05, 4.69) is 60.5 Å². The van der Waals surface area contributed by atoms with Crippen molar-refractivity contribution < 1.29 is 19.3 Å². The van der Waals surface area contributed by atoms with Crippen molar-refractivity contribution in [2.75, 3.05) is 62.7 Å². The molecule has 2 fully saturated rings. The summed E-state index contributed by atoms with van der Waals surface area (Å²) < 4.78 is 5.42. The summed E-state index contributed by atoms with van der Waals surface area (Å²) in [5.41, 5.74) is 4.79. The number of hydrogen-bond donors (Lipinski definition) is 3. The van der Waals surface area contributed by atoms with Crippen LogP contribution in [0.5, 0.6) is 0 Å². The summed E-state index contributed by atoms with van der Waals surface area (Å²) in [5, 5.41) is 3.12. The first-order valence-electron chi connectivity index (χ1n) is 11.6. The van der Waals surface area contributed by atoms with Crippen LogP contribution in [0.25, 0.3) is 0 Å². The molecule has 2 aromatic rings. The van der Waals surface area contributed by atoms with Crippen LogP contribution >= 0.6 is 0 Å². The number of amides is 1. The Morgan fingerprint density at radius 3 is 2.45 bits per heavy atom. The van der Waals surface area contributed by atoms with Gasteiger partial charge in [0.2, 0.25) is 0 Å². The molecule has 166 valence electrons. The zero-order chi connectivity index (χ0) is 21.6. The van der Waals surface area contributed by atoms with Crippen molar-refractivity contribution in [2.45, 2.75) is 26.4 Å². The third kappa shape index (κ3) is 5.85. The Labute approximate surface area is 185 Å². The number of rotatable bonds is 6. The number of nitrogens with zero attached hydrogens (tertiary/aromatic N) is 1. The van der Waals surface area contributed by atoms with Crippen molar-refractivity contribution in [3.8, 4) is 0 Å². The van der Waals surface area contributed by atoms with Gasteiger partial charge in [-0.05, 0) is 38.1 Å². The third-order valence-electron chi connectivity index (χ3n) is 6.65. The molecule has 6 heteroatoms. The van der Waals surface area contributed by atoms with Gasteiger partial charge in [-0.1, -0.05) is 29.8 Å². The summed E-state index contributed by atoms with van der Waals surface area (Å²) in [4.78, 5) is 18.2. The van der Waals surface area contributed by atoms with Crippen LogP contribution in [0, 0.1) is 6.92 Å². The van der Waals surface area contributed by atoms with Crippen molar-refractivity contribution in [1.82, 2.24) is 0 Å². The van der Waals surface area contributed by atoms with E-state index in [1.54, 1.807) is 4.90 Å².